The van der Waals surface area contributed by atoms with E-state index in [2.05, 4.69) is 10.6 Å². The van der Waals surface area contributed by atoms with Crippen LogP contribution in [-0.2, 0) is 16.6 Å². The first-order valence-corrected chi connectivity index (χ1v) is 9.02. The summed E-state index contributed by atoms with van der Waals surface area (Å²) in [4.78, 5) is 4.71. The minimum absolute atomic E-state index is 0. The fourth-order valence-corrected chi connectivity index (χ4v) is 2.99. The Morgan fingerprint density at radius 3 is 2.63 bits per heavy atom. The van der Waals surface area contributed by atoms with E-state index in [4.69, 9.17) is 14.1 Å². The highest BCUT2D eigenvalue weighted by atomic mass is 127. The van der Waals surface area contributed by atoms with Crippen molar-refractivity contribution in [2.75, 3.05) is 33.4 Å². The van der Waals surface area contributed by atoms with Gasteiger partial charge >= 0.3 is 0 Å². The van der Waals surface area contributed by atoms with Gasteiger partial charge in [0.1, 0.15) is 11.6 Å². The predicted octanol–water partition coefficient (Wildman–Crippen LogP) is 3.49. The molecule has 1 aromatic carbocycles. The van der Waals surface area contributed by atoms with Gasteiger partial charge in [0.05, 0.1) is 19.4 Å². The molecule has 0 unspecified atom stereocenters. The van der Waals surface area contributed by atoms with Gasteiger partial charge < -0.3 is 19.8 Å². The maximum atomic E-state index is 14.2. The Morgan fingerprint density at radius 2 is 1.96 bits per heavy atom. The van der Waals surface area contributed by atoms with Gasteiger partial charge in [-0.05, 0) is 36.6 Å². The Kier molecular flexibility index (Phi) is 8.56. The summed E-state index contributed by atoms with van der Waals surface area (Å²) in [7, 11) is 1.67. The lowest BCUT2D eigenvalue weighted by molar-refractivity contribution is 0.203. The number of furan rings is 1. The van der Waals surface area contributed by atoms with E-state index in [1.165, 1.54) is 6.07 Å². The third kappa shape index (κ3) is 6.21. The molecule has 0 bridgehead atoms. The minimum Gasteiger partial charge on any atom is -0.469 e. The molecule has 1 aliphatic rings. The molecule has 0 spiro atoms. The number of nitrogens with zero attached hydrogens (tertiary/aromatic N) is 1. The summed E-state index contributed by atoms with van der Waals surface area (Å²) < 4.78 is 24.6. The Bertz CT molecular complexity index is 718. The standard InChI is InChI=1S/C20H26FN3O2.HI/c1-25-14-12-23-19(22-11-8-16-5-4-13-26-16)24-15-20(9-10-20)17-6-2-3-7-18(17)21;/h2-7,13H,8-12,14-15H2,1H3,(H2,22,23,24);1H. The van der Waals surface area contributed by atoms with Gasteiger partial charge in [0.2, 0.25) is 0 Å². The fourth-order valence-electron chi connectivity index (χ4n) is 2.99. The number of hydrogen-bond donors (Lipinski definition) is 2. The van der Waals surface area contributed by atoms with E-state index in [-0.39, 0.29) is 35.2 Å². The summed E-state index contributed by atoms with van der Waals surface area (Å²) in [5.74, 6) is 1.51. The van der Waals surface area contributed by atoms with E-state index >= 15 is 0 Å². The van der Waals surface area contributed by atoms with Gasteiger partial charge in [0, 0.05) is 32.0 Å². The molecule has 1 fully saturated rings. The van der Waals surface area contributed by atoms with Crippen LogP contribution in [0.2, 0.25) is 0 Å². The molecule has 0 aliphatic heterocycles. The Balaban J connectivity index is 0.00000261. The molecule has 27 heavy (non-hydrogen) atoms. The highest BCUT2D eigenvalue weighted by Crippen LogP contribution is 2.49. The third-order valence-corrected chi connectivity index (χ3v) is 4.68. The summed E-state index contributed by atoms with van der Waals surface area (Å²) in [6.07, 6.45) is 4.38. The quantitative estimate of drug-likeness (QED) is 0.246. The van der Waals surface area contributed by atoms with E-state index in [0.29, 0.717) is 26.2 Å². The van der Waals surface area contributed by atoms with Crippen LogP contribution in [-0.4, -0.2) is 39.3 Å². The molecule has 0 saturated heterocycles. The summed E-state index contributed by atoms with van der Waals surface area (Å²) in [6.45, 7) is 2.53. The number of ether oxygens (including phenoxy) is 1. The monoisotopic (exact) mass is 487 g/mol. The second-order valence-corrected chi connectivity index (χ2v) is 6.60. The van der Waals surface area contributed by atoms with Crippen molar-refractivity contribution >= 4 is 29.9 Å². The van der Waals surface area contributed by atoms with E-state index in [9.17, 15) is 4.39 Å². The molecule has 2 aromatic rings. The van der Waals surface area contributed by atoms with E-state index < -0.39 is 0 Å². The molecule has 7 heteroatoms. The van der Waals surface area contributed by atoms with E-state index in [0.717, 1.165) is 36.5 Å². The number of guanidine groups is 1. The predicted molar refractivity (Wildman–Crippen MR) is 115 cm³/mol. The number of nitrogens with one attached hydrogen (secondary N) is 2. The number of aliphatic imine (C=N–C) groups is 1. The zero-order valence-electron chi connectivity index (χ0n) is 15.5. The van der Waals surface area contributed by atoms with Gasteiger partial charge in [-0.3, -0.25) is 4.99 Å². The lowest BCUT2D eigenvalue weighted by Crippen LogP contribution is -2.40. The van der Waals surface area contributed by atoms with Crippen molar-refractivity contribution in [2.24, 2.45) is 4.99 Å². The van der Waals surface area contributed by atoms with Gasteiger partial charge in [-0.1, -0.05) is 18.2 Å². The average molecular weight is 487 g/mol. The molecule has 1 saturated carbocycles. The molecule has 5 nitrogen and oxygen atoms in total. The summed E-state index contributed by atoms with van der Waals surface area (Å²) >= 11 is 0. The van der Waals surface area contributed by atoms with Crippen LogP contribution in [0.4, 0.5) is 4.39 Å². The number of halogens is 2. The molecule has 0 radical (unpaired) electrons. The molecule has 1 aliphatic carbocycles. The van der Waals surface area contributed by atoms with Crippen LogP contribution in [0, 0.1) is 5.82 Å². The number of methoxy groups -OCH3 is 1. The van der Waals surface area contributed by atoms with Crippen LogP contribution >= 0.6 is 24.0 Å². The number of hydrogen-bond acceptors (Lipinski definition) is 3. The Morgan fingerprint density at radius 1 is 1.19 bits per heavy atom. The van der Waals surface area contributed by atoms with Gasteiger partial charge in [0.15, 0.2) is 5.96 Å². The SMILES string of the molecule is COCCNC(=NCC1(c2ccccc2F)CC1)NCCc1ccco1.I. The summed E-state index contributed by atoms with van der Waals surface area (Å²) in [5, 5.41) is 6.57. The first-order valence-electron chi connectivity index (χ1n) is 9.02. The molecule has 3 rings (SSSR count). The number of benzene rings is 1. The Hall–Kier alpha value is -1.61. The first-order chi connectivity index (χ1) is 12.7. The molecule has 0 amide bonds. The number of rotatable bonds is 9. The van der Waals surface area contributed by atoms with Gasteiger partial charge in [-0.25, -0.2) is 4.39 Å². The molecule has 1 aromatic heterocycles. The average Bonchev–Trinajstić information content (AvgIpc) is 3.25. The van der Waals surface area contributed by atoms with Crippen LogP contribution in [0.3, 0.4) is 0 Å². The zero-order chi connectivity index (χ0) is 18.2. The van der Waals surface area contributed by atoms with Gasteiger partial charge in [0.25, 0.3) is 0 Å². The van der Waals surface area contributed by atoms with Crippen molar-refractivity contribution in [3.05, 3.63) is 59.8 Å². The van der Waals surface area contributed by atoms with Crippen molar-refractivity contribution in [2.45, 2.75) is 24.7 Å². The van der Waals surface area contributed by atoms with Gasteiger partial charge in [-0.15, -0.1) is 24.0 Å². The molecule has 1 heterocycles. The van der Waals surface area contributed by atoms with E-state index in [1.54, 1.807) is 19.4 Å². The van der Waals surface area contributed by atoms with Crippen LogP contribution in [0.1, 0.15) is 24.2 Å². The molecule has 2 N–H and O–H groups in total. The lowest BCUT2D eigenvalue weighted by atomic mass is 9.95. The largest absolute Gasteiger partial charge is 0.469 e. The zero-order valence-corrected chi connectivity index (χ0v) is 17.9. The normalized spacial score (nSPS) is 15.1. The fraction of sp³-hybridized carbons (Fsp3) is 0.450. The van der Waals surface area contributed by atoms with Crippen LogP contribution in [0.15, 0.2) is 52.1 Å². The molecule has 148 valence electrons. The third-order valence-electron chi connectivity index (χ3n) is 4.68. The Labute approximate surface area is 176 Å². The van der Waals surface area contributed by atoms with Crippen molar-refractivity contribution in [3.8, 4) is 0 Å². The lowest BCUT2D eigenvalue weighted by Gasteiger charge is -2.17. The van der Waals surface area contributed by atoms with Crippen LogP contribution in [0.5, 0.6) is 0 Å². The van der Waals surface area contributed by atoms with Crippen molar-refractivity contribution in [1.29, 1.82) is 0 Å². The smallest absolute Gasteiger partial charge is 0.191 e. The van der Waals surface area contributed by atoms with Crippen LogP contribution < -0.4 is 10.6 Å². The van der Waals surface area contributed by atoms with Gasteiger partial charge in [-0.2, -0.15) is 0 Å². The highest BCUT2D eigenvalue weighted by Gasteiger charge is 2.45. The van der Waals surface area contributed by atoms with Crippen molar-refractivity contribution < 1.29 is 13.5 Å². The summed E-state index contributed by atoms with van der Waals surface area (Å²) in [6, 6.07) is 10.9. The van der Waals surface area contributed by atoms with E-state index in [1.807, 2.05) is 24.3 Å². The highest BCUT2D eigenvalue weighted by molar-refractivity contribution is 14.0. The second kappa shape index (κ2) is 10.7. The second-order valence-electron chi connectivity index (χ2n) is 6.60. The maximum absolute atomic E-state index is 14.2. The first kappa shape index (κ1) is 21.7. The molecular formula is C20H27FIN3O2. The summed E-state index contributed by atoms with van der Waals surface area (Å²) in [5.41, 5.74) is 0.609. The molecular weight excluding hydrogens is 460 g/mol. The van der Waals surface area contributed by atoms with Crippen molar-refractivity contribution in [3.63, 3.8) is 0 Å². The van der Waals surface area contributed by atoms with Crippen LogP contribution in [0.25, 0.3) is 0 Å². The molecule has 0 atom stereocenters. The maximum Gasteiger partial charge on any atom is 0.191 e. The minimum atomic E-state index is -0.164. The topological polar surface area (TPSA) is 58.8 Å². The van der Waals surface area contributed by atoms with Crippen molar-refractivity contribution in [1.82, 2.24) is 10.6 Å².